The maximum atomic E-state index is 12.1. The number of nitrogens with one attached hydrogen (secondary N) is 1. The number of fused-ring (bicyclic) bond motifs is 1. The predicted octanol–water partition coefficient (Wildman–Crippen LogP) is 2.91. The van der Waals surface area contributed by atoms with Gasteiger partial charge in [0.2, 0.25) is 5.91 Å². The molecule has 0 atom stereocenters. The minimum absolute atomic E-state index is 0.0518. The molecule has 1 N–H and O–H groups in total. The number of carbonyl (C=O) groups is 1. The monoisotopic (exact) mass is 373 g/mol. The minimum Gasteiger partial charge on any atom is -0.493 e. The fourth-order valence-electron chi connectivity index (χ4n) is 2.71. The number of rotatable bonds is 7. The summed E-state index contributed by atoms with van der Waals surface area (Å²) in [5, 5.41) is 3.57. The molecule has 2 heterocycles. The Labute approximate surface area is 156 Å². The molecule has 0 radical (unpaired) electrons. The third-order valence-corrected chi connectivity index (χ3v) is 4.20. The van der Waals surface area contributed by atoms with Gasteiger partial charge in [-0.05, 0) is 29.8 Å². The van der Waals surface area contributed by atoms with Gasteiger partial charge in [-0.2, -0.15) is 0 Å². The highest BCUT2D eigenvalue weighted by Gasteiger charge is 2.09. The van der Waals surface area contributed by atoms with Crippen LogP contribution in [0.2, 0.25) is 5.02 Å². The second-order valence-electron chi connectivity index (χ2n) is 5.81. The molecule has 0 fully saturated rings. The van der Waals surface area contributed by atoms with E-state index in [2.05, 4.69) is 10.3 Å². The summed E-state index contributed by atoms with van der Waals surface area (Å²) >= 11 is 5.97. The van der Waals surface area contributed by atoms with Crippen LogP contribution in [0, 0.1) is 0 Å². The molecule has 2 aromatic heterocycles. The maximum Gasteiger partial charge on any atom is 0.224 e. The molecule has 0 unspecified atom stereocenters. The lowest BCUT2D eigenvalue weighted by Gasteiger charge is -2.09. The highest BCUT2D eigenvalue weighted by molar-refractivity contribution is 6.30. The number of hydrogen-bond acceptors (Lipinski definition) is 4. The summed E-state index contributed by atoms with van der Waals surface area (Å²) < 4.78 is 12.3. The van der Waals surface area contributed by atoms with Crippen LogP contribution < -0.4 is 14.8 Å². The van der Waals surface area contributed by atoms with Crippen molar-refractivity contribution in [1.82, 2.24) is 14.7 Å². The SMILES string of the molecule is COc1ccc(CC(=O)NCCc2cn3cc(Cl)ccc3n2)cc1OC. The highest BCUT2D eigenvalue weighted by atomic mass is 35.5. The van der Waals surface area contributed by atoms with Crippen molar-refractivity contribution in [3.05, 3.63) is 59.0 Å². The first-order valence-electron chi connectivity index (χ1n) is 8.20. The predicted molar refractivity (Wildman–Crippen MR) is 100 cm³/mol. The largest absolute Gasteiger partial charge is 0.493 e. The van der Waals surface area contributed by atoms with E-state index in [9.17, 15) is 4.79 Å². The summed E-state index contributed by atoms with van der Waals surface area (Å²) in [6, 6.07) is 9.13. The maximum absolute atomic E-state index is 12.1. The van der Waals surface area contributed by atoms with Crippen LogP contribution in [0.15, 0.2) is 42.7 Å². The molecule has 0 aliphatic carbocycles. The van der Waals surface area contributed by atoms with Crippen molar-refractivity contribution in [2.24, 2.45) is 0 Å². The molecule has 0 spiro atoms. The van der Waals surface area contributed by atoms with Crippen LogP contribution in [0.25, 0.3) is 5.65 Å². The number of carbonyl (C=O) groups excluding carboxylic acids is 1. The standard InChI is InChI=1S/C19H20ClN3O3/c1-25-16-5-3-13(9-17(16)26-2)10-19(24)21-8-7-15-12-23-11-14(20)4-6-18(23)22-15/h3-6,9,11-12H,7-8,10H2,1-2H3,(H,21,24). The number of ether oxygens (including phenoxy) is 2. The van der Waals surface area contributed by atoms with Crippen LogP contribution in [-0.4, -0.2) is 36.1 Å². The van der Waals surface area contributed by atoms with Gasteiger partial charge in [-0.25, -0.2) is 4.98 Å². The number of methoxy groups -OCH3 is 2. The lowest BCUT2D eigenvalue weighted by molar-refractivity contribution is -0.120. The topological polar surface area (TPSA) is 64.9 Å². The number of hydrogen-bond donors (Lipinski definition) is 1. The zero-order valence-electron chi connectivity index (χ0n) is 14.7. The molecular formula is C19H20ClN3O3. The molecule has 7 heteroatoms. The Morgan fingerprint density at radius 2 is 1.96 bits per heavy atom. The summed E-state index contributed by atoms with van der Waals surface area (Å²) in [5.74, 6) is 1.20. The van der Waals surface area contributed by atoms with Crippen molar-refractivity contribution in [3.63, 3.8) is 0 Å². The van der Waals surface area contributed by atoms with Crippen LogP contribution in [-0.2, 0) is 17.6 Å². The van der Waals surface area contributed by atoms with E-state index in [0.717, 1.165) is 16.9 Å². The van der Waals surface area contributed by atoms with Gasteiger partial charge < -0.3 is 19.2 Å². The van der Waals surface area contributed by atoms with Gasteiger partial charge in [0.25, 0.3) is 0 Å². The van der Waals surface area contributed by atoms with Crippen molar-refractivity contribution in [2.45, 2.75) is 12.8 Å². The molecule has 0 aliphatic rings. The Kier molecular flexibility index (Phi) is 5.63. The van der Waals surface area contributed by atoms with Crippen LogP contribution in [0.1, 0.15) is 11.3 Å². The van der Waals surface area contributed by atoms with Gasteiger partial charge in [0, 0.05) is 25.4 Å². The molecule has 0 aliphatic heterocycles. The first-order valence-corrected chi connectivity index (χ1v) is 8.57. The van der Waals surface area contributed by atoms with E-state index in [-0.39, 0.29) is 12.3 Å². The number of imidazole rings is 1. The Balaban J connectivity index is 1.53. The summed E-state index contributed by atoms with van der Waals surface area (Å²) in [6.45, 7) is 0.518. The van der Waals surface area contributed by atoms with Crippen LogP contribution in [0.3, 0.4) is 0 Å². The molecule has 6 nitrogen and oxygen atoms in total. The van der Waals surface area contributed by atoms with Crippen LogP contribution in [0.5, 0.6) is 11.5 Å². The van der Waals surface area contributed by atoms with Crippen molar-refractivity contribution >= 4 is 23.2 Å². The second-order valence-corrected chi connectivity index (χ2v) is 6.25. The molecule has 3 rings (SSSR count). The Hall–Kier alpha value is -2.73. The van der Waals surface area contributed by atoms with E-state index < -0.39 is 0 Å². The molecular weight excluding hydrogens is 354 g/mol. The number of amides is 1. The zero-order valence-corrected chi connectivity index (χ0v) is 15.4. The average Bonchev–Trinajstić information content (AvgIpc) is 3.03. The van der Waals surface area contributed by atoms with Crippen LogP contribution in [0.4, 0.5) is 0 Å². The van der Waals surface area contributed by atoms with Gasteiger partial charge in [0.05, 0.1) is 31.4 Å². The van der Waals surface area contributed by atoms with Crippen molar-refractivity contribution < 1.29 is 14.3 Å². The second kappa shape index (κ2) is 8.10. The fraction of sp³-hybridized carbons (Fsp3) is 0.263. The molecule has 0 saturated heterocycles. The molecule has 1 amide bonds. The molecule has 0 bridgehead atoms. The lowest BCUT2D eigenvalue weighted by Crippen LogP contribution is -2.27. The minimum atomic E-state index is -0.0518. The number of aromatic nitrogens is 2. The summed E-state index contributed by atoms with van der Waals surface area (Å²) in [6.07, 6.45) is 4.66. The van der Waals surface area contributed by atoms with E-state index >= 15 is 0 Å². The number of benzene rings is 1. The molecule has 3 aromatic rings. The summed E-state index contributed by atoms with van der Waals surface area (Å²) in [5.41, 5.74) is 2.60. The van der Waals surface area contributed by atoms with E-state index in [0.29, 0.717) is 29.5 Å². The average molecular weight is 374 g/mol. The Morgan fingerprint density at radius 1 is 1.15 bits per heavy atom. The van der Waals surface area contributed by atoms with Crippen molar-refractivity contribution in [3.8, 4) is 11.5 Å². The fourth-order valence-corrected chi connectivity index (χ4v) is 2.87. The first-order chi connectivity index (χ1) is 12.6. The molecule has 0 saturated carbocycles. The van der Waals surface area contributed by atoms with Crippen LogP contribution >= 0.6 is 11.6 Å². The van der Waals surface area contributed by atoms with E-state index in [1.807, 2.05) is 35.0 Å². The Morgan fingerprint density at radius 3 is 2.73 bits per heavy atom. The normalized spacial score (nSPS) is 10.7. The summed E-state index contributed by atoms with van der Waals surface area (Å²) in [7, 11) is 3.15. The smallest absolute Gasteiger partial charge is 0.224 e. The molecule has 26 heavy (non-hydrogen) atoms. The number of nitrogens with zero attached hydrogens (tertiary/aromatic N) is 2. The van der Waals surface area contributed by atoms with Gasteiger partial charge in [-0.1, -0.05) is 17.7 Å². The van der Waals surface area contributed by atoms with Gasteiger partial charge in [-0.3, -0.25) is 4.79 Å². The number of pyridine rings is 1. The van der Waals surface area contributed by atoms with Crippen molar-refractivity contribution in [2.75, 3.05) is 20.8 Å². The first kappa shape index (κ1) is 18.1. The number of halogens is 1. The molecule has 1 aromatic carbocycles. The third kappa shape index (κ3) is 4.26. The van der Waals surface area contributed by atoms with Crippen molar-refractivity contribution in [1.29, 1.82) is 0 Å². The summed E-state index contributed by atoms with van der Waals surface area (Å²) in [4.78, 5) is 16.6. The highest BCUT2D eigenvalue weighted by Crippen LogP contribution is 2.27. The third-order valence-electron chi connectivity index (χ3n) is 3.98. The van der Waals surface area contributed by atoms with E-state index in [1.54, 1.807) is 26.4 Å². The van der Waals surface area contributed by atoms with E-state index in [4.69, 9.17) is 21.1 Å². The Bertz CT molecular complexity index is 924. The lowest BCUT2D eigenvalue weighted by atomic mass is 10.1. The van der Waals surface area contributed by atoms with Gasteiger partial charge >= 0.3 is 0 Å². The van der Waals surface area contributed by atoms with Gasteiger partial charge in [-0.15, -0.1) is 0 Å². The van der Waals surface area contributed by atoms with Gasteiger partial charge in [0.1, 0.15) is 5.65 Å². The van der Waals surface area contributed by atoms with E-state index in [1.165, 1.54) is 0 Å². The zero-order chi connectivity index (χ0) is 18.5. The quantitative estimate of drug-likeness (QED) is 0.691. The molecule has 136 valence electrons. The van der Waals surface area contributed by atoms with Gasteiger partial charge in [0.15, 0.2) is 11.5 Å².